The molecule has 0 bridgehead atoms. The van der Waals surface area contributed by atoms with Gasteiger partial charge in [0.25, 0.3) is 0 Å². The summed E-state index contributed by atoms with van der Waals surface area (Å²) in [7, 11) is 0. The number of nitrogens with zero attached hydrogens (tertiary/aromatic N) is 2. The average Bonchev–Trinajstić information content (AvgIpc) is 2.42. The molecule has 5 heteroatoms. The average molecular weight is 276 g/mol. The number of nitrogen functional groups attached to an aromatic ring is 1. The monoisotopic (exact) mass is 276 g/mol. The number of fused-ring (bicyclic) bond motifs is 1. The van der Waals surface area contributed by atoms with Crippen LogP contribution in [0.5, 0.6) is 0 Å². The van der Waals surface area contributed by atoms with Crippen LogP contribution in [0.4, 0.5) is 16.2 Å². The highest BCUT2D eigenvalue weighted by Gasteiger charge is 2.14. The lowest BCUT2D eigenvalue weighted by Crippen LogP contribution is -2.20. The molecule has 0 aliphatic heterocycles. The largest absolute Gasteiger partial charge is 0.368 e. The van der Waals surface area contributed by atoms with Crippen LogP contribution in [0.3, 0.4) is 0 Å². The van der Waals surface area contributed by atoms with E-state index in [1.807, 2.05) is 0 Å². The zero-order valence-corrected chi connectivity index (χ0v) is 12.0. The summed E-state index contributed by atoms with van der Waals surface area (Å²) in [4.78, 5) is 8.25. The van der Waals surface area contributed by atoms with Gasteiger partial charge in [-0.1, -0.05) is 32.8 Å². The minimum Gasteiger partial charge on any atom is -0.368 e. The van der Waals surface area contributed by atoms with Gasteiger partial charge in [0.05, 0.1) is 10.9 Å². The molecule has 0 amide bonds. The van der Waals surface area contributed by atoms with E-state index in [-0.39, 0.29) is 17.8 Å². The number of nitrogens with one attached hydrogen (secondary N) is 1. The second kappa shape index (κ2) is 6.50. The SMILES string of the molecule is CCCCC(CC)Nc1nc(N)nc2cccc(F)c12. The number of unbranched alkanes of at least 4 members (excludes halogenated alkanes) is 1. The first kappa shape index (κ1) is 14.5. The van der Waals surface area contributed by atoms with Crippen molar-refractivity contribution in [1.29, 1.82) is 0 Å². The molecule has 0 aliphatic carbocycles. The van der Waals surface area contributed by atoms with Crippen LogP contribution in [0.15, 0.2) is 18.2 Å². The Bertz CT molecular complexity index is 585. The summed E-state index contributed by atoms with van der Waals surface area (Å²) in [5.41, 5.74) is 6.24. The predicted octanol–water partition coefficient (Wildman–Crippen LogP) is 3.73. The maximum absolute atomic E-state index is 14.0. The van der Waals surface area contributed by atoms with Crippen molar-refractivity contribution in [2.24, 2.45) is 0 Å². The molecule has 1 unspecified atom stereocenters. The molecular formula is C15H21FN4. The van der Waals surface area contributed by atoms with Crippen LogP contribution in [-0.2, 0) is 0 Å². The number of benzene rings is 1. The molecule has 1 atom stereocenters. The summed E-state index contributed by atoms with van der Waals surface area (Å²) in [6, 6.07) is 5.06. The van der Waals surface area contributed by atoms with Gasteiger partial charge in [0.1, 0.15) is 11.6 Å². The topological polar surface area (TPSA) is 63.8 Å². The number of nitrogens with two attached hydrogens (primary N) is 1. The molecule has 108 valence electrons. The fourth-order valence-corrected chi connectivity index (χ4v) is 2.29. The number of aromatic nitrogens is 2. The number of hydrogen-bond acceptors (Lipinski definition) is 4. The molecule has 0 spiro atoms. The molecule has 2 aromatic rings. The first-order valence-electron chi connectivity index (χ1n) is 7.14. The standard InChI is InChI=1S/C15H21FN4/c1-3-5-7-10(4-2)18-14-13-11(16)8-6-9-12(13)19-15(17)20-14/h6,8-10H,3-5,7H2,1-2H3,(H3,17,18,19,20). The van der Waals surface area contributed by atoms with Crippen molar-refractivity contribution in [2.75, 3.05) is 11.1 Å². The molecule has 0 fully saturated rings. The second-order valence-corrected chi connectivity index (χ2v) is 4.96. The lowest BCUT2D eigenvalue weighted by molar-refractivity contribution is 0.591. The van der Waals surface area contributed by atoms with E-state index in [0.717, 1.165) is 25.7 Å². The van der Waals surface area contributed by atoms with Crippen molar-refractivity contribution in [3.63, 3.8) is 0 Å². The smallest absolute Gasteiger partial charge is 0.222 e. The Morgan fingerprint density at radius 3 is 2.80 bits per heavy atom. The van der Waals surface area contributed by atoms with Gasteiger partial charge in [-0.05, 0) is 25.0 Å². The Labute approximate surface area is 118 Å². The van der Waals surface area contributed by atoms with Crippen molar-refractivity contribution in [2.45, 2.75) is 45.6 Å². The zero-order valence-electron chi connectivity index (χ0n) is 12.0. The molecule has 1 heterocycles. The molecular weight excluding hydrogens is 255 g/mol. The van der Waals surface area contributed by atoms with Gasteiger partial charge in [-0.3, -0.25) is 0 Å². The van der Waals surface area contributed by atoms with Crippen molar-refractivity contribution >= 4 is 22.7 Å². The van der Waals surface area contributed by atoms with Crippen LogP contribution >= 0.6 is 0 Å². The summed E-state index contributed by atoms with van der Waals surface area (Å²) in [5, 5.41) is 3.73. The van der Waals surface area contributed by atoms with Crippen LogP contribution in [0.1, 0.15) is 39.5 Å². The highest BCUT2D eigenvalue weighted by atomic mass is 19.1. The Morgan fingerprint density at radius 2 is 2.10 bits per heavy atom. The number of halogens is 1. The molecule has 1 aromatic carbocycles. The fourth-order valence-electron chi connectivity index (χ4n) is 2.29. The van der Waals surface area contributed by atoms with Gasteiger partial charge in [-0.15, -0.1) is 0 Å². The van der Waals surface area contributed by atoms with Crippen molar-refractivity contribution < 1.29 is 4.39 Å². The Kier molecular flexibility index (Phi) is 4.71. The van der Waals surface area contributed by atoms with E-state index in [4.69, 9.17) is 5.73 Å². The van der Waals surface area contributed by atoms with E-state index in [0.29, 0.717) is 16.7 Å². The summed E-state index contributed by atoms with van der Waals surface area (Å²) >= 11 is 0. The highest BCUT2D eigenvalue weighted by molar-refractivity contribution is 5.90. The molecule has 0 saturated carbocycles. The normalized spacial score (nSPS) is 12.6. The van der Waals surface area contributed by atoms with Gasteiger partial charge in [-0.25, -0.2) is 9.37 Å². The Hall–Kier alpha value is -1.91. The first-order valence-corrected chi connectivity index (χ1v) is 7.14. The van der Waals surface area contributed by atoms with Crippen molar-refractivity contribution in [3.8, 4) is 0 Å². The van der Waals surface area contributed by atoms with Gasteiger partial charge < -0.3 is 11.1 Å². The Balaban J connectivity index is 2.37. The maximum Gasteiger partial charge on any atom is 0.222 e. The molecule has 0 aliphatic rings. The zero-order chi connectivity index (χ0) is 14.5. The van der Waals surface area contributed by atoms with Crippen molar-refractivity contribution in [3.05, 3.63) is 24.0 Å². The van der Waals surface area contributed by atoms with Crippen LogP contribution in [0.25, 0.3) is 10.9 Å². The summed E-state index contributed by atoms with van der Waals surface area (Å²) < 4.78 is 14.0. The van der Waals surface area contributed by atoms with Crippen LogP contribution in [0.2, 0.25) is 0 Å². The summed E-state index contributed by atoms with van der Waals surface area (Å²) in [5.74, 6) is 0.333. The lowest BCUT2D eigenvalue weighted by Gasteiger charge is -2.18. The quantitative estimate of drug-likeness (QED) is 0.843. The molecule has 2 rings (SSSR count). The molecule has 0 radical (unpaired) electrons. The number of anilines is 2. The van der Waals surface area contributed by atoms with Crippen molar-refractivity contribution in [1.82, 2.24) is 9.97 Å². The highest BCUT2D eigenvalue weighted by Crippen LogP contribution is 2.25. The summed E-state index contributed by atoms with van der Waals surface area (Å²) in [6.07, 6.45) is 4.26. The van der Waals surface area contributed by atoms with Gasteiger partial charge in [0.15, 0.2) is 0 Å². The minimum absolute atomic E-state index is 0.163. The fraction of sp³-hybridized carbons (Fsp3) is 0.467. The maximum atomic E-state index is 14.0. The van der Waals surface area contributed by atoms with Gasteiger partial charge in [0.2, 0.25) is 5.95 Å². The van der Waals surface area contributed by atoms with Gasteiger partial charge in [0, 0.05) is 6.04 Å². The van der Waals surface area contributed by atoms with Crippen LogP contribution < -0.4 is 11.1 Å². The third kappa shape index (κ3) is 3.15. The number of rotatable bonds is 6. The molecule has 20 heavy (non-hydrogen) atoms. The van der Waals surface area contributed by atoms with E-state index >= 15 is 0 Å². The van der Waals surface area contributed by atoms with Crippen LogP contribution in [0, 0.1) is 5.82 Å². The molecule has 1 aromatic heterocycles. The lowest BCUT2D eigenvalue weighted by atomic mass is 10.1. The summed E-state index contributed by atoms with van der Waals surface area (Å²) in [6.45, 7) is 4.26. The molecule has 4 nitrogen and oxygen atoms in total. The second-order valence-electron chi connectivity index (χ2n) is 4.96. The van der Waals surface area contributed by atoms with E-state index < -0.39 is 0 Å². The van der Waals surface area contributed by atoms with E-state index in [9.17, 15) is 4.39 Å². The van der Waals surface area contributed by atoms with Gasteiger partial charge in [-0.2, -0.15) is 4.98 Å². The van der Waals surface area contributed by atoms with Gasteiger partial charge >= 0.3 is 0 Å². The number of hydrogen-bond donors (Lipinski definition) is 2. The third-order valence-electron chi connectivity index (χ3n) is 3.43. The molecule has 3 N–H and O–H groups in total. The first-order chi connectivity index (χ1) is 9.65. The Morgan fingerprint density at radius 1 is 1.30 bits per heavy atom. The predicted molar refractivity (Wildman–Crippen MR) is 81.1 cm³/mol. The third-order valence-corrected chi connectivity index (χ3v) is 3.43. The molecule has 0 saturated heterocycles. The minimum atomic E-state index is -0.324. The van der Waals surface area contributed by atoms with Crippen LogP contribution in [-0.4, -0.2) is 16.0 Å². The van der Waals surface area contributed by atoms with E-state index in [1.165, 1.54) is 6.07 Å². The van der Waals surface area contributed by atoms with E-state index in [1.54, 1.807) is 12.1 Å². The van der Waals surface area contributed by atoms with E-state index in [2.05, 4.69) is 29.1 Å².